The molecule has 1 heterocycles. The molecule has 1 aliphatic heterocycles. The molecule has 6 nitrogen and oxygen atoms in total. The van der Waals surface area contributed by atoms with Gasteiger partial charge in [-0.2, -0.15) is 0 Å². The standard InChI is InChI=1S/C34H35NO5/c36-33(22-26-11-12-27-9-4-5-10-29(27)21-26)32-23-35(34(37)38)18-17-31(32)28-13-15-30(16-14-28)40-20-6-19-39-24-25-7-2-1-3-8-25/h1-5,7-16,21,31-32H,6,17-20,22-24H2,(H,37,38). The zero-order valence-electron chi connectivity index (χ0n) is 22.6. The number of benzene rings is 4. The van der Waals surface area contributed by atoms with E-state index >= 15 is 0 Å². The van der Waals surface area contributed by atoms with Crippen LogP contribution in [0.25, 0.3) is 10.8 Å². The number of carbonyl (C=O) groups excluding carboxylic acids is 1. The van der Waals surface area contributed by atoms with Gasteiger partial charge in [0.25, 0.3) is 0 Å². The molecule has 0 saturated carbocycles. The van der Waals surface area contributed by atoms with Gasteiger partial charge in [-0.15, -0.1) is 0 Å². The van der Waals surface area contributed by atoms with Gasteiger partial charge in [0, 0.05) is 31.8 Å². The summed E-state index contributed by atoms with van der Waals surface area (Å²) < 4.78 is 11.6. The molecular weight excluding hydrogens is 502 g/mol. The van der Waals surface area contributed by atoms with Crippen molar-refractivity contribution in [1.82, 2.24) is 4.90 Å². The third-order valence-corrected chi connectivity index (χ3v) is 7.61. The molecule has 1 fully saturated rings. The molecule has 5 rings (SSSR count). The van der Waals surface area contributed by atoms with Crippen LogP contribution >= 0.6 is 0 Å². The second-order valence-electron chi connectivity index (χ2n) is 10.4. The van der Waals surface area contributed by atoms with Gasteiger partial charge in [-0.25, -0.2) is 4.79 Å². The molecule has 2 unspecified atom stereocenters. The van der Waals surface area contributed by atoms with Gasteiger partial charge in [-0.3, -0.25) is 4.79 Å². The van der Waals surface area contributed by atoms with E-state index in [0.29, 0.717) is 32.8 Å². The number of fused-ring (bicyclic) bond motifs is 1. The molecule has 4 aromatic rings. The number of hydrogen-bond acceptors (Lipinski definition) is 4. The third kappa shape index (κ3) is 7.07. The van der Waals surface area contributed by atoms with E-state index in [1.807, 2.05) is 84.9 Å². The maximum atomic E-state index is 13.6. The summed E-state index contributed by atoms with van der Waals surface area (Å²) in [7, 11) is 0. The van der Waals surface area contributed by atoms with E-state index in [1.54, 1.807) is 0 Å². The fourth-order valence-electron chi connectivity index (χ4n) is 5.46. The first-order valence-corrected chi connectivity index (χ1v) is 13.9. The van der Waals surface area contributed by atoms with Crippen molar-refractivity contribution in [3.8, 4) is 5.75 Å². The van der Waals surface area contributed by atoms with Gasteiger partial charge in [0.05, 0.1) is 19.8 Å². The number of likely N-dealkylation sites (tertiary alicyclic amines) is 1. The van der Waals surface area contributed by atoms with Crippen LogP contribution in [0.4, 0.5) is 4.79 Å². The number of nitrogens with zero attached hydrogens (tertiary/aromatic N) is 1. The van der Waals surface area contributed by atoms with Crippen molar-refractivity contribution in [2.75, 3.05) is 26.3 Å². The molecule has 40 heavy (non-hydrogen) atoms. The SMILES string of the molecule is O=C(Cc1ccc2ccccc2c1)C1CN(C(=O)O)CCC1c1ccc(OCCCOCc2ccccc2)cc1. The fourth-order valence-corrected chi connectivity index (χ4v) is 5.46. The van der Waals surface area contributed by atoms with Crippen molar-refractivity contribution in [2.24, 2.45) is 5.92 Å². The summed E-state index contributed by atoms with van der Waals surface area (Å²) in [6.45, 7) is 2.40. The average molecular weight is 538 g/mol. The van der Waals surface area contributed by atoms with E-state index in [4.69, 9.17) is 9.47 Å². The maximum Gasteiger partial charge on any atom is 0.407 e. The second-order valence-corrected chi connectivity index (χ2v) is 10.4. The lowest BCUT2D eigenvalue weighted by Crippen LogP contribution is -2.45. The normalized spacial score (nSPS) is 17.1. The highest BCUT2D eigenvalue weighted by molar-refractivity contribution is 5.88. The Hall–Kier alpha value is -4.16. The van der Waals surface area contributed by atoms with E-state index < -0.39 is 12.0 Å². The molecule has 1 amide bonds. The number of ketones is 1. The Morgan fingerprint density at radius 2 is 1.57 bits per heavy atom. The number of carboxylic acid groups (broad SMARTS) is 1. The molecule has 2 atom stereocenters. The lowest BCUT2D eigenvalue weighted by Gasteiger charge is -2.37. The first-order chi connectivity index (χ1) is 19.6. The number of piperidine rings is 1. The van der Waals surface area contributed by atoms with Crippen molar-refractivity contribution >= 4 is 22.6 Å². The van der Waals surface area contributed by atoms with Gasteiger partial charge < -0.3 is 19.5 Å². The summed E-state index contributed by atoms with van der Waals surface area (Å²) in [6.07, 6.45) is 0.707. The van der Waals surface area contributed by atoms with Crippen molar-refractivity contribution in [3.05, 3.63) is 114 Å². The molecule has 1 aliphatic rings. The summed E-state index contributed by atoms with van der Waals surface area (Å²) in [6, 6.07) is 32.2. The molecule has 1 saturated heterocycles. The average Bonchev–Trinajstić information content (AvgIpc) is 2.99. The van der Waals surface area contributed by atoms with E-state index in [9.17, 15) is 14.7 Å². The molecule has 1 N–H and O–H groups in total. The Balaban J connectivity index is 1.18. The monoisotopic (exact) mass is 537 g/mol. The summed E-state index contributed by atoms with van der Waals surface area (Å²) in [5, 5.41) is 11.9. The summed E-state index contributed by atoms with van der Waals surface area (Å²) in [5.41, 5.74) is 3.15. The fraction of sp³-hybridized carbons (Fsp3) is 0.294. The van der Waals surface area contributed by atoms with Gasteiger partial charge in [0.2, 0.25) is 0 Å². The summed E-state index contributed by atoms with van der Waals surface area (Å²) in [4.78, 5) is 26.7. The second kappa shape index (κ2) is 13.3. The van der Waals surface area contributed by atoms with Gasteiger partial charge in [-0.05, 0) is 51.9 Å². The molecule has 0 aromatic heterocycles. The maximum absolute atomic E-state index is 13.6. The number of carbonyl (C=O) groups is 2. The predicted octanol–water partition coefficient (Wildman–Crippen LogP) is 6.72. The number of amides is 1. The van der Waals surface area contributed by atoms with Crippen LogP contribution in [-0.4, -0.2) is 48.2 Å². The van der Waals surface area contributed by atoms with E-state index in [-0.39, 0.29) is 24.7 Å². The highest BCUT2D eigenvalue weighted by atomic mass is 16.5. The van der Waals surface area contributed by atoms with Crippen LogP contribution in [0.15, 0.2) is 97.1 Å². The van der Waals surface area contributed by atoms with Crippen LogP contribution in [0.3, 0.4) is 0 Å². The van der Waals surface area contributed by atoms with Crippen LogP contribution in [0.5, 0.6) is 5.75 Å². The molecule has 0 spiro atoms. The van der Waals surface area contributed by atoms with Crippen LogP contribution in [-0.2, 0) is 22.6 Å². The Morgan fingerprint density at radius 3 is 2.35 bits per heavy atom. The highest BCUT2D eigenvalue weighted by Gasteiger charge is 2.36. The van der Waals surface area contributed by atoms with Gasteiger partial charge in [0.1, 0.15) is 11.5 Å². The summed E-state index contributed by atoms with van der Waals surface area (Å²) in [5.74, 6) is 0.407. The highest BCUT2D eigenvalue weighted by Crippen LogP contribution is 2.35. The van der Waals surface area contributed by atoms with E-state index in [0.717, 1.165) is 39.6 Å². The predicted molar refractivity (Wildman–Crippen MR) is 156 cm³/mol. The lowest BCUT2D eigenvalue weighted by molar-refractivity contribution is -0.124. The molecule has 4 aromatic carbocycles. The number of hydrogen-bond donors (Lipinski definition) is 1. The van der Waals surface area contributed by atoms with E-state index in [1.165, 1.54) is 4.90 Å². The Labute approximate surface area is 235 Å². The minimum atomic E-state index is -0.974. The van der Waals surface area contributed by atoms with Crippen molar-refractivity contribution in [1.29, 1.82) is 0 Å². The van der Waals surface area contributed by atoms with Gasteiger partial charge >= 0.3 is 6.09 Å². The Kier molecular flexibility index (Phi) is 9.09. The smallest absolute Gasteiger partial charge is 0.407 e. The Bertz CT molecular complexity index is 1420. The summed E-state index contributed by atoms with van der Waals surface area (Å²) >= 11 is 0. The van der Waals surface area contributed by atoms with Crippen molar-refractivity contribution in [3.63, 3.8) is 0 Å². The largest absolute Gasteiger partial charge is 0.494 e. The molecule has 6 heteroatoms. The zero-order valence-corrected chi connectivity index (χ0v) is 22.6. The lowest BCUT2D eigenvalue weighted by atomic mass is 9.77. The quantitative estimate of drug-likeness (QED) is 0.215. The van der Waals surface area contributed by atoms with Crippen molar-refractivity contribution < 1.29 is 24.2 Å². The first kappa shape index (κ1) is 27.4. The van der Waals surface area contributed by atoms with Crippen LogP contribution < -0.4 is 4.74 Å². The molecule has 0 aliphatic carbocycles. The molecule has 206 valence electrons. The number of Topliss-reactive ketones (excluding diaryl/α,β-unsaturated/α-hetero) is 1. The van der Waals surface area contributed by atoms with E-state index in [2.05, 4.69) is 12.1 Å². The molecule has 0 bridgehead atoms. The zero-order chi connectivity index (χ0) is 27.7. The van der Waals surface area contributed by atoms with Crippen LogP contribution in [0.2, 0.25) is 0 Å². The van der Waals surface area contributed by atoms with Crippen LogP contribution in [0, 0.1) is 5.92 Å². The van der Waals surface area contributed by atoms with Gasteiger partial charge in [0.15, 0.2) is 0 Å². The first-order valence-electron chi connectivity index (χ1n) is 13.9. The molecule has 0 radical (unpaired) electrons. The third-order valence-electron chi connectivity index (χ3n) is 7.61. The van der Waals surface area contributed by atoms with Crippen molar-refractivity contribution in [2.45, 2.75) is 31.8 Å². The molecular formula is C34H35NO5. The van der Waals surface area contributed by atoms with Crippen LogP contribution in [0.1, 0.15) is 35.4 Å². The number of rotatable bonds is 11. The Morgan fingerprint density at radius 1 is 0.825 bits per heavy atom. The van der Waals surface area contributed by atoms with Gasteiger partial charge in [-0.1, -0.05) is 84.9 Å². The number of ether oxygens (including phenoxy) is 2. The minimum Gasteiger partial charge on any atom is -0.494 e. The minimum absolute atomic E-state index is 0.0380. The topological polar surface area (TPSA) is 76.1 Å².